The fourth-order valence-electron chi connectivity index (χ4n) is 0.609. The fourth-order valence-corrected chi connectivity index (χ4v) is 0.609. The summed E-state index contributed by atoms with van der Waals surface area (Å²) in [6.07, 6.45) is 1.09. The van der Waals surface area contributed by atoms with Crippen molar-refractivity contribution in [3.63, 3.8) is 0 Å². The van der Waals surface area contributed by atoms with Crippen molar-refractivity contribution in [1.29, 1.82) is 0 Å². The van der Waals surface area contributed by atoms with E-state index in [1.54, 1.807) is 0 Å². The van der Waals surface area contributed by atoms with Gasteiger partial charge < -0.3 is 0 Å². The largest absolute Gasteiger partial charge is 0.247 e. The normalized spacial score (nSPS) is 12.3. The third kappa shape index (κ3) is 7.93. The minimum Gasteiger partial charge on any atom is -0.247 e. The van der Waals surface area contributed by atoms with Crippen LogP contribution >= 0.6 is 0 Å². The molecule has 0 saturated carbocycles. The zero-order valence-corrected chi connectivity index (χ0v) is 7.95. The minimum atomic E-state index is -0.583. The summed E-state index contributed by atoms with van der Waals surface area (Å²) in [6.45, 7) is 9.84. The monoisotopic (exact) mass is 148 g/mol. The van der Waals surface area contributed by atoms with Crippen molar-refractivity contribution in [3.05, 3.63) is 0 Å². The quantitative estimate of drug-likeness (QED) is 0.571. The van der Waals surface area contributed by atoms with Crippen LogP contribution in [0.5, 0.6) is 0 Å². The van der Waals surface area contributed by atoms with Crippen LogP contribution in [0.15, 0.2) is 0 Å². The molecule has 0 rings (SSSR count). The predicted molar refractivity (Wildman–Crippen MR) is 46.0 cm³/mol. The second kappa shape index (κ2) is 8.93. The minimum absolute atomic E-state index is 0.204. The fraction of sp³-hybridized carbons (Fsp3) is 1.00. The molecule has 0 aliphatic rings. The van der Waals surface area contributed by atoms with Gasteiger partial charge >= 0.3 is 0 Å². The molecule has 0 aliphatic heterocycles. The lowest BCUT2D eigenvalue weighted by Crippen LogP contribution is -2.07. The second-order valence-corrected chi connectivity index (χ2v) is 2.55. The Bertz CT molecular complexity index is 50.7. The van der Waals surface area contributed by atoms with Crippen molar-refractivity contribution in [2.75, 3.05) is 0 Å². The Hall–Kier alpha value is -0.0700. The van der Waals surface area contributed by atoms with Crippen LogP contribution in [0.4, 0.5) is 4.39 Å². The zero-order valence-electron chi connectivity index (χ0n) is 7.95. The van der Waals surface area contributed by atoms with Gasteiger partial charge in [0.05, 0.1) is 0 Å². The Morgan fingerprint density at radius 2 is 1.60 bits per heavy atom. The van der Waals surface area contributed by atoms with Crippen molar-refractivity contribution in [3.8, 4) is 0 Å². The molecule has 0 amide bonds. The van der Waals surface area contributed by atoms with Crippen LogP contribution in [0.3, 0.4) is 0 Å². The van der Waals surface area contributed by atoms with E-state index in [0.717, 1.165) is 12.8 Å². The third-order valence-corrected chi connectivity index (χ3v) is 1.29. The number of hydrogen-bond acceptors (Lipinski definition) is 0. The molecule has 1 heteroatoms. The summed E-state index contributed by atoms with van der Waals surface area (Å²) in [5, 5.41) is 0. The van der Waals surface area contributed by atoms with Crippen molar-refractivity contribution >= 4 is 0 Å². The maximum atomic E-state index is 12.5. The maximum Gasteiger partial charge on any atom is 0.102 e. The second-order valence-electron chi connectivity index (χ2n) is 2.55. The number of hydrogen-bond donors (Lipinski definition) is 0. The lowest BCUT2D eigenvalue weighted by molar-refractivity contribution is 0.239. The topological polar surface area (TPSA) is 0 Å². The lowest BCUT2D eigenvalue weighted by atomic mass is 10.1. The highest BCUT2D eigenvalue weighted by Gasteiger charge is 2.08. The molecule has 1 atom stereocenters. The van der Waals surface area contributed by atoms with E-state index in [2.05, 4.69) is 0 Å². The van der Waals surface area contributed by atoms with Crippen LogP contribution in [0.1, 0.15) is 47.5 Å². The molecule has 0 nitrogen and oxygen atoms in total. The molecule has 10 heavy (non-hydrogen) atoms. The van der Waals surface area contributed by atoms with Crippen LogP contribution in [0.2, 0.25) is 0 Å². The molecule has 0 N–H and O–H groups in total. The van der Waals surface area contributed by atoms with Gasteiger partial charge in [0.25, 0.3) is 0 Å². The molecule has 0 heterocycles. The van der Waals surface area contributed by atoms with Crippen LogP contribution < -0.4 is 0 Å². The predicted octanol–water partition coefficient (Wildman–Crippen LogP) is 3.81. The van der Waals surface area contributed by atoms with E-state index >= 15 is 0 Å². The van der Waals surface area contributed by atoms with Gasteiger partial charge in [0.2, 0.25) is 0 Å². The Labute approximate surface area is 64.8 Å². The van der Waals surface area contributed by atoms with Crippen LogP contribution in [-0.2, 0) is 0 Å². The molecule has 0 spiro atoms. The van der Waals surface area contributed by atoms with Gasteiger partial charge in [0.1, 0.15) is 6.17 Å². The summed E-state index contributed by atoms with van der Waals surface area (Å²) < 4.78 is 12.5. The van der Waals surface area contributed by atoms with E-state index in [-0.39, 0.29) is 5.92 Å². The Morgan fingerprint density at radius 1 is 1.20 bits per heavy atom. The van der Waals surface area contributed by atoms with Gasteiger partial charge in [-0.05, 0) is 12.3 Å². The van der Waals surface area contributed by atoms with Gasteiger partial charge in [-0.15, -0.1) is 0 Å². The molecule has 0 unspecified atom stereocenters. The van der Waals surface area contributed by atoms with E-state index in [1.165, 1.54) is 0 Å². The Morgan fingerprint density at radius 3 is 1.70 bits per heavy atom. The van der Waals surface area contributed by atoms with Gasteiger partial charge in [-0.3, -0.25) is 0 Å². The molecule has 0 aromatic carbocycles. The molecule has 0 aromatic heterocycles. The van der Waals surface area contributed by atoms with Gasteiger partial charge in [-0.25, -0.2) is 4.39 Å². The average Bonchev–Trinajstić information content (AvgIpc) is 1.93. The molecule has 0 aliphatic carbocycles. The first-order chi connectivity index (χ1) is 4.68. The molecule has 0 aromatic rings. The average molecular weight is 148 g/mol. The van der Waals surface area contributed by atoms with E-state index in [4.69, 9.17) is 0 Å². The Balaban J connectivity index is 0. The lowest BCUT2D eigenvalue weighted by Gasteiger charge is -2.08. The third-order valence-electron chi connectivity index (χ3n) is 1.29. The highest BCUT2D eigenvalue weighted by molar-refractivity contribution is 4.57. The first-order valence-electron chi connectivity index (χ1n) is 4.32. The van der Waals surface area contributed by atoms with Gasteiger partial charge in [0.15, 0.2) is 0 Å². The number of alkyl halides is 1. The highest BCUT2D eigenvalue weighted by Crippen LogP contribution is 2.11. The molecule has 0 fully saturated rings. The molecule has 0 saturated heterocycles. The number of halogens is 1. The van der Waals surface area contributed by atoms with Crippen molar-refractivity contribution in [1.82, 2.24) is 0 Å². The molecule has 64 valence electrons. The van der Waals surface area contributed by atoms with E-state index in [1.807, 2.05) is 34.6 Å². The summed E-state index contributed by atoms with van der Waals surface area (Å²) in [7, 11) is 0. The summed E-state index contributed by atoms with van der Waals surface area (Å²) in [5.74, 6) is 0.204. The van der Waals surface area contributed by atoms with Crippen molar-refractivity contribution in [2.24, 2.45) is 5.92 Å². The molecule has 0 radical (unpaired) electrons. The molecule has 0 bridgehead atoms. The standard InChI is InChI=1S/C7H15F.C2H6/c1-4-5-7(8)6(2)3;1-2/h6-7H,4-5H2,1-3H3;1-2H3/t7-;/m0./s1. The molecular formula is C9H21F. The highest BCUT2D eigenvalue weighted by atomic mass is 19.1. The Kier molecular flexibility index (Phi) is 11.2. The van der Waals surface area contributed by atoms with Gasteiger partial charge in [-0.2, -0.15) is 0 Å². The maximum absolute atomic E-state index is 12.5. The van der Waals surface area contributed by atoms with E-state index < -0.39 is 6.17 Å². The summed E-state index contributed by atoms with van der Waals surface area (Å²) >= 11 is 0. The van der Waals surface area contributed by atoms with Crippen LogP contribution in [0, 0.1) is 5.92 Å². The summed E-state index contributed by atoms with van der Waals surface area (Å²) in [4.78, 5) is 0. The van der Waals surface area contributed by atoms with Crippen molar-refractivity contribution in [2.45, 2.75) is 53.6 Å². The van der Waals surface area contributed by atoms with Crippen LogP contribution in [-0.4, -0.2) is 6.17 Å². The SMILES string of the molecule is CC.CCC[C@H](F)C(C)C. The smallest absolute Gasteiger partial charge is 0.102 e. The first kappa shape index (κ1) is 12.6. The van der Waals surface area contributed by atoms with Crippen molar-refractivity contribution < 1.29 is 4.39 Å². The van der Waals surface area contributed by atoms with Gasteiger partial charge in [0, 0.05) is 0 Å². The van der Waals surface area contributed by atoms with Crippen LogP contribution in [0.25, 0.3) is 0 Å². The first-order valence-corrected chi connectivity index (χ1v) is 4.32. The zero-order chi connectivity index (χ0) is 8.57. The van der Waals surface area contributed by atoms with Gasteiger partial charge in [-0.1, -0.05) is 41.0 Å². The van der Waals surface area contributed by atoms with E-state index in [0.29, 0.717) is 0 Å². The van der Waals surface area contributed by atoms with E-state index in [9.17, 15) is 4.39 Å². The summed E-state index contributed by atoms with van der Waals surface area (Å²) in [6, 6.07) is 0. The summed E-state index contributed by atoms with van der Waals surface area (Å²) in [5.41, 5.74) is 0. The molecular weight excluding hydrogens is 127 g/mol. The number of rotatable bonds is 3.